The Hall–Kier alpha value is -1.29. The molecule has 0 aliphatic rings. The normalized spacial score (nSPS) is 13.9. The highest BCUT2D eigenvalue weighted by molar-refractivity contribution is 5.45. The minimum Gasteiger partial charge on any atom is -0.490 e. The molecule has 1 atom stereocenters. The summed E-state index contributed by atoms with van der Waals surface area (Å²) in [4.78, 5) is 0. The molecule has 1 rings (SSSR count). The van der Waals surface area contributed by atoms with Gasteiger partial charge in [0, 0.05) is 6.54 Å². The number of halogens is 1. The highest BCUT2D eigenvalue weighted by Gasteiger charge is 2.30. The molecule has 1 aromatic carbocycles. The lowest BCUT2D eigenvalue weighted by molar-refractivity contribution is 0.158. The summed E-state index contributed by atoms with van der Waals surface area (Å²) in [7, 11) is 0. The van der Waals surface area contributed by atoms with Crippen LogP contribution in [0.4, 0.5) is 4.39 Å². The summed E-state index contributed by atoms with van der Waals surface area (Å²) in [6.07, 6.45) is 1.15. The van der Waals surface area contributed by atoms with E-state index < -0.39 is 5.67 Å². The Bertz CT molecular complexity index is 398. The van der Waals surface area contributed by atoms with Crippen LogP contribution in [-0.4, -0.2) is 19.8 Å². The highest BCUT2D eigenvalue weighted by Crippen LogP contribution is 2.36. The molecule has 0 saturated heterocycles. The second kappa shape index (κ2) is 7.34. The van der Waals surface area contributed by atoms with Crippen LogP contribution >= 0.6 is 0 Å². The van der Waals surface area contributed by atoms with Crippen molar-refractivity contribution in [3.63, 3.8) is 0 Å². The molecule has 0 fully saturated rings. The van der Waals surface area contributed by atoms with E-state index in [1.807, 2.05) is 20.8 Å². The van der Waals surface area contributed by atoms with Crippen LogP contribution in [0, 0.1) is 0 Å². The second-order valence-corrected chi connectivity index (χ2v) is 4.45. The molecule has 0 aliphatic heterocycles. The molecule has 3 nitrogen and oxygen atoms in total. The predicted octanol–water partition coefficient (Wildman–Crippen LogP) is 3.41. The van der Waals surface area contributed by atoms with E-state index >= 15 is 0 Å². The quantitative estimate of drug-likeness (QED) is 0.786. The van der Waals surface area contributed by atoms with E-state index in [2.05, 4.69) is 0 Å². The van der Waals surface area contributed by atoms with E-state index in [4.69, 9.17) is 15.2 Å². The molecule has 0 aliphatic carbocycles. The van der Waals surface area contributed by atoms with Crippen molar-refractivity contribution < 1.29 is 13.9 Å². The highest BCUT2D eigenvalue weighted by atomic mass is 19.1. The standard InChI is InChI=1S/C15H24FNO2/c1-4-9-15(16,11-17)12-7-8-13(18-5-2)14(10-12)19-6-3/h7-8,10H,4-6,9,11,17H2,1-3H3. The van der Waals surface area contributed by atoms with Gasteiger partial charge in [-0.15, -0.1) is 0 Å². The maximum absolute atomic E-state index is 14.8. The van der Waals surface area contributed by atoms with Crippen molar-refractivity contribution in [2.24, 2.45) is 5.73 Å². The summed E-state index contributed by atoms with van der Waals surface area (Å²) >= 11 is 0. The third kappa shape index (κ3) is 3.83. The van der Waals surface area contributed by atoms with Gasteiger partial charge in [-0.1, -0.05) is 19.4 Å². The lowest BCUT2D eigenvalue weighted by atomic mass is 9.91. The zero-order valence-electron chi connectivity index (χ0n) is 12.0. The lowest BCUT2D eigenvalue weighted by Gasteiger charge is -2.24. The maximum atomic E-state index is 14.8. The van der Waals surface area contributed by atoms with Gasteiger partial charge in [-0.25, -0.2) is 4.39 Å². The number of ether oxygens (including phenoxy) is 2. The van der Waals surface area contributed by atoms with Crippen LogP contribution in [0.1, 0.15) is 39.2 Å². The van der Waals surface area contributed by atoms with Crippen LogP contribution < -0.4 is 15.2 Å². The SMILES string of the molecule is CCCC(F)(CN)c1ccc(OCC)c(OCC)c1. The van der Waals surface area contributed by atoms with Crippen LogP contribution in [0.5, 0.6) is 11.5 Å². The van der Waals surface area contributed by atoms with Gasteiger partial charge in [0.2, 0.25) is 0 Å². The third-order valence-corrected chi connectivity index (χ3v) is 3.03. The molecule has 0 bridgehead atoms. The van der Waals surface area contributed by atoms with E-state index in [0.717, 1.165) is 6.42 Å². The van der Waals surface area contributed by atoms with Gasteiger partial charge in [-0.3, -0.25) is 0 Å². The van der Waals surface area contributed by atoms with Gasteiger partial charge in [-0.05, 0) is 38.0 Å². The molecular formula is C15H24FNO2. The number of rotatable bonds is 8. The maximum Gasteiger partial charge on any atom is 0.161 e. The van der Waals surface area contributed by atoms with Crippen molar-refractivity contribution >= 4 is 0 Å². The molecule has 0 saturated carbocycles. The molecule has 0 amide bonds. The average molecular weight is 269 g/mol. The third-order valence-electron chi connectivity index (χ3n) is 3.03. The summed E-state index contributed by atoms with van der Waals surface area (Å²) in [6.45, 7) is 6.77. The minimum atomic E-state index is -1.49. The monoisotopic (exact) mass is 269 g/mol. The van der Waals surface area contributed by atoms with Crippen molar-refractivity contribution in [1.82, 2.24) is 0 Å². The Balaban J connectivity index is 3.11. The molecule has 0 heterocycles. The summed E-state index contributed by atoms with van der Waals surface area (Å²) in [5.74, 6) is 1.22. The summed E-state index contributed by atoms with van der Waals surface area (Å²) in [5.41, 5.74) is 4.66. The van der Waals surface area contributed by atoms with Crippen molar-refractivity contribution in [3.8, 4) is 11.5 Å². The van der Waals surface area contributed by atoms with Gasteiger partial charge >= 0.3 is 0 Å². The first kappa shape index (κ1) is 15.8. The van der Waals surface area contributed by atoms with Gasteiger partial charge in [0.25, 0.3) is 0 Å². The van der Waals surface area contributed by atoms with Crippen LogP contribution in [-0.2, 0) is 5.67 Å². The number of nitrogens with two attached hydrogens (primary N) is 1. The van der Waals surface area contributed by atoms with Gasteiger partial charge in [-0.2, -0.15) is 0 Å². The fraction of sp³-hybridized carbons (Fsp3) is 0.600. The summed E-state index contributed by atoms with van der Waals surface area (Å²) < 4.78 is 25.8. The number of benzene rings is 1. The topological polar surface area (TPSA) is 44.5 Å². The minimum absolute atomic E-state index is 0.0274. The van der Waals surface area contributed by atoms with Gasteiger partial charge in [0.15, 0.2) is 11.5 Å². The van der Waals surface area contributed by atoms with E-state index in [1.165, 1.54) is 0 Å². The first-order chi connectivity index (χ1) is 9.11. The van der Waals surface area contributed by atoms with Crippen LogP contribution in [0.25, 0.3) is 0 Å². The molecule has 0 spiro atoms. The lowest BCUT2D eigenvalue weighted by Crippen LogP contribution is -2.30. The predicted molar refractivity (Wildman–Crippen MR) is 75.5 cm³/mol. The smallest absolute Gasteiger partial charge is 0.161 e. The number of hydrogen-bond donors (Lipinski definition) is 1. The van der Waals surface area contributed by atoms with E-state index in [9.17, 15) is 4.39 Å². The Kier molecular flexibility index (Phi) is 6.09. The van der Waals surface area contributed by atoms with Crippen molar-refractivity contribution in [2.45, 2.75) is 39.3 Å². The molecule has 1 unspecified atom stereocenters. The van der Waals surface area contributed by atoms with Gasteiger partial charge < -0.3 is 15.2 Å². The molecule has 1 aromatic rings. The molecule has 108 valence electrons. The molecule has 2 N–H and O–H groups in total. The number of alkyl halides is 1. The Morgan fingerprint density at radius 2 is 1.74 bits per heavy atom. The van der Waals surface area contributed by atoms with Crippen molar-refractivity contribution in [2.75, 3.05) is 19.8 Å². The Labute approximate surface area is 114 Å². The Morgan fingerprint density at radius 1 is 1.11 bits per heavy atom. The van der Waals surface area contributed by atoms with E-state index in [-0.39, 0.29) is 6.54 Å². The molecule has 19 heavy (non-hydrogen) atoms. The zero-order valence-corrected chi connectivity index (χ0v) is 12.0. The van der Waals surface area contributed by atoms with E-state index in [1.54, 1.807) is 18.2 Å². The largest absolute Gasteiger partial charge is 0.490 e. The number of hydrogen-bond acceptors (Lipinski definition) is 3. The Morgan fingerprint density at radius 3 is 2.26 bits per heavy atom. The molecule has 0 aromatic heterocycles. The van der Waals surface area contributed by atoms with Crippen molar-refractivity contribution in [1.29, 1.82) is 0 Å². The van der Waals surface area contributed by atoms with Crippen LogP contribution in [0.2, 0.25) is 0 Å². The summed E-state index contributed by atoms with van der Waals surface area (Å²) in [5, 5.41) is 0. The fourth-order valence-electron chi connectivity index (χ4n) is 2.09. The van der Waals surface area contributed by atoms with Crippen LogP contribution in [0.3, 0.4) is 0 Å². The fourth-order valence-corrected chi connectivity index (χ4v) is 2.09. The first-order valence-corrected chi connectivity index (χ1v) is 6.90. The first-order valence-electron chi connectivity index (χ1n) is 6.90. The summed E-state index contributed by atoms with van der Waals surface area (Å²) in [6, 6.07) is 5.19. The van der Waals surface area contributed by atoms with E-state index in [0.29, 0.717) is 36.7 Å². The van der Waals surface area contributed by atoms with Gasteiger partial charge in [0.05, 0.1) is 13.2 Å². The van der Waals surface area contributed by atoms with Crippen LogP contribution in [0.15, 0.2) is 18.2 Å². The molecule has 0 radical (unpaired) electrons. The second-order valence-electron chi connectivity index (χ2n) is 4.45. The molecular weight excluding hydrogens is 245 g/mol. The average Bonchev–Trinajstić information content (AvgIpc) is 2.41. The zero-order chi connectivity index (χ0) is 14.3. The molecule has 4 heteroatoms. The van der Waals surface area contributed by atoms with Crippen molar-refractivity contribution in [3.05, 3.63) is 23.8 Å². The van der Waals surface area contributed by atoms with Gasteiger partial charge in [0.1, 0.15) is 5.67 Å².